The van der Waals surface area contributed by atoms with E-state index in [2.05, 4.69) is 19.9 Å². The average molecular weight is 366 g/mol. The Balaban J connectivity index is 2.00. The first-order chi connectivity index (χ1) is 12.5. The first-order valence-corrected chi connectivity index (χ1v) is 9.86. The highest BCUT2D eigenvalue weighted by Gasteiger charge is 2.67. The highest BCUT2D eigenvalue weighted by Crippen LogP contribution is 2.66. The predicted molar refractivity (Wildman–Crippen MR) is 99.4 cm³/mol. The van der Waals surface area contributed by atoms with Crippen LogP contribution in [0.15, 0.2) is 23.3 Å². The fourth-order valence-electron chi connectivity index (χ4n) is 6.17. The maximum Gasteiger partial charge on any atom is 0.169 e. The van der Waals surface area contributed by atoms with Crippen molar-refractivity contribution >= 4 is 0 Å². The maximum atomic E-state index is 11.2. The van der Waals surface area contributed by atoms with E-state index in [1.807, 2.05) is 0 Å². The third kappa shape index (κ3) is 2.80. The Morgan fingerprint density at radius 1 is 1.42 bits per heavy atom. The van der Waals surface area contributed by atoms with Crippen LogP contribution in [0.5, 0.6) is 0 Å². The fraction of sp³-hybridized carbons (Fsp3) is 0.810. The van der Waals surface area contributed by atoms with Gasteiger partial charge in [-0.15, -0.1) is 0 Å². The number of aliphatic hydroxyl groups excluding tert-OH is 3. The summed E-state index contributed by atoms with van der Waals surface area (Å²) in [5.41, 5.74) is 1.55. The molecule has 1 heterocycles. The van der Waals surface area contributed by atoms with Gasteiger partial charge in [-0.05, 0) is 56.4 Å². The largest absolute Gasteiger partial charge is 0.392 e. The van der Waals surface area contributed by atoms with Crippen LogP contribution in [-0.2, 0) is 9.47 Å². The fourth-order valence-corrected chi connectivity index (χ4v) is 6.17. The molecule has 6 atom stereocenters. The molecule has 0 aromatic carbocycles. The van der Waals surface area contributed by atoms with E-state index in [1.165, 1.54) is 5.57 Å². The molecule has 0 aromatic rings. The number of allylic oxidation sites excluding steroid dienone is 1. The van der Waals surface area contributed by atoms with E-state index in [-0.39, 0.29) is 18.6 Å². The lowest BCUT2D eigenvalue weighted by Crippen LogP contribution is -2.69. The second-order valence-electron chi connectivity index (χ2n) is 8.42. The summed E-state index contributed by atoms with van der Waals surface area (Å²) in [6.07, 6.45) is 7.49. The molecule has 0 amide bonds. The summed E-state index contributed by atoms with van der Waals surface area (Å²) in [5, 5.41) is 30.0. The Bertz CT molecular complexity index is 571. The molecule has 0 unspecified atom stereocenters. The van der Waals surface area contributed by atoms with Crippen molar-refractivity contribution in [2.24, 2.45) is 22.7 Å². The molecule has 5 nitrogen and oxygen atoms in total. The number of hydrogen-bond donors (Lipinski definition) is 3. The second kappa shape index (κ2) is 7.72. The molecule has 2 fully saturated rings. The number of rotatable bonds is 6. The van der Waals surface area contributed by atoms with E-state index in [9.17, 15) is 15.3 Å². The molecule has 26 heavy (non-hydrogen) atoms. The lowest BCUT2D eigenvalue weighted by molar-refractivity contribution is -0.325. The van der Waals surface area contributed by atoms with Gasteiger partial charge in [-0.2, -0.15) is 0 Å². The molecule has 1 aliphatic heterocycles. The Morgan fingerprint density at radius 3 is 2.85 bits per heavy atom. The molecule has 0 radical (unpaired) electrons. The summed E-state index contributed by atoms with van der Waals surface area (Å²) in [4.78, 5) is 0. The minimum Gasteiger partial charge on any atom is -0.392 e. The van der Waals surface area contributed by atoms with Crippen LogP contribution in [0, 0.1) is 22.7 Å². The first-order valence-electron chi connectivity index (χ1n) is 9.86. The van der Waals surface area contributed by atoms with Gasteiger partial charge in [-0.3, -0.25) is 0 Å². The van der Waals surface area contributed by atoms with Crippen molar-refractivity contribution in [2.75, 3.05) is 26.9 Å². The molecule has 0 aromatic heterocycles. The zero-order chi connectivity index (χ0) is 18.9. The Kier molecular flexibility index (Phi) is 5.95. The van der Waals surface area contributed by atoms with E-state index in [0.29, 0.717) is 18.4 Å². The molecule has 3 rings (SSSR count). The highest BCUT2D eigenvalue weighted by molar-refractivity contribution is 5.28. The van der Waals surface area contributed by atoms with E-state index in [4.69, 9.17) is 9.47 Å². The molecule has 1 saturated heterocycles. The van der Waals surface area contributed by atoms with E-state index < -0.39 is 17.8 Å². The maximum absolute atomic E-state index is 11.2. The van der Waals surface area contributed by atoms with Crippen molar-refractivity contribution in [3.8, 4) is 0 Å². The summed E-state index contributed by atoms with van der Waals surface area (Å²) in [6.45, 7) is 4.89. The van der Waals surface area contributed by atoms with E-state index in [0.717, 1.165) is 37.7 Å². The first kappa shape index (κ1) is 20.0. The van der Waals surface area contributed by atoms with Gasteiger partial charge in [0.05, 0.1) is 31.3 Å². The molecular formula is C21H34O5. The molecule has 2 bridgehead atoms. The molecule has 2 aliphatic carbocycles. The smallest absolute Gasteiger partial charge is 0.169 e. The zero-order valence-corrected chi connectivity index (χ0v) is 16.3. The van der Waals surface area contributed by atoms with Crippen LogP contribution in [0.4, 0.5) is 0 Å². The number of ether oxygens (including phenoxy) is 2. The van der Waals surface area contributed by atoms with Crippen LogP contribution >= 0.6 is 0 Å². The second-order valence-corrected chi connectivity index (χ2v) is 8.42. The minimum atomic E-state index is -0.474. The summed E-state index contributed by atoms with van der Waals surface area (Å²) in [5.74, 6) is 0.625. The average Bonchev–Trinajstić information content (AvgIpc) is 2.63. The van der Waals surface area contributed by atoms with Crippen LogP contribution < -0.4 is 0 Å². The lowest BCUT2D eigenvalue weighted by atomic mass is 9.43. The highest BCUT2D eigenvalue weighted by atomic mass is 16.7. The zero-order valence-electron chi connectivity index (χ0n) is 16.3. The Hall–Kier alpha value is -0.720. The van der Waals surface area contributed by atoms with Crippen LogP contribution in [0.3, 0.4) is 0 Å². The van der Waals surface area contributed by atoms with E-state index >= 15 is 0 Å². The molecule has 3 N–H and O–H groups in total. The van der Waals surface area contributed by atoms with Crippen molar-refractivity contribution in [2.45, 2.75) is 58.3 Å². The third-order valence-corrected chi connectivity index (χ3v) is 7.57. The Morgan fingerprint density at radius 2 is 2.19 bits per heavy atom. The van der Waals surface area contributed by atoms with E-state index in [1.54, 1.807) is 13.2 Å². The molecule has 3 aliphatic rings. The van der Waals surface area contributed by atoms with Crippen molar-refractivity contribution < 1.29 is 24.8 Å². The number of hydrogen-bond acceptors (Lipinski definition) is 5. The summed E-state index contributed by atoms with van der Waals surface area (Å²) < 4.78 is 12.0. The predicted octanol–water partition coefficient (Wildman–Crippen LogP) is 2.41. The van der Waals surface area contributed by atoms with Gasteiger partial charge >= 0.3 is 0 Å². The quantitative estimate of drug-likeness (QED) is 0.629. The van der Waals surface area contributed by atoms with Gasteiger partial charge in [-0.25, -0.2) is 0 Å². The monoisotopic (exact) mass is 366 g/mol. The molecule has 148 valence electrons. The standard InChI is InChI=1S/C21H34O5/c1-14-5-4-6-17-20(9-7-16(12-23)8-10-22)13-26-19(25-3)21(14,17)18(24)11-15(20)2/h5,8,15,17-19,22-24H,4,6-7,9-13H2,1-3H3/b16-8-/t15-,17-,18+,19-,20+,21+/m1/s1. The summed E-state index contributed by atoms with van der Waals surface area (Å²) in [7, 11) is 1.67. The van der Waals surface area contributed by atoms with Crippen molar-refractivity contribution in [1.82, 2.24) is 0 Å². The lowest BCUT2D eigenvalue weighted by Gasteiger charge is -2.66. The topological polar surface area (TPSA) is 79.2 Å². The van der Waals surface area contributed by atoms with Gasteiger partial charge in [0.1, 0.15) is 0 Å². The normalized spacial score (nSPS) is 43.0. The molecule has 1 saturated carbocycles. The van der Waals surface area contributed by atoms with Crippen LogP contribution in [0.2, 0.25) is 0 Å². The minimum absolute atomic E-state index is 0.0239. The molecular weight excluding hydrogens is 332 g/mol. The van der Waals surface area contributed by atoms with Gasteiger partial charge < -0.3 is 24.8 Å². The van der Waals surface area contributed by atoms with Gasteiger partial charge in [-0.1, -0.05) is 24.6 Å². The van der Waals surface area contributed by atoms with Crippen LogP contribution in [0.1, 0.15) is 46.0 Å². The van der Waals surface area contributed by atoms with Crippen molar-refractivity contribution in [3.05, 3.63) is 23.3 Å². The van der Waals surface area contributed by atoms with Gasteiger partial charge in [0.25, 0.3) is 0 Å². The molecule has 0 spiro atoms. The third-order valence-electron chi connectivity index (χ3n) is 7.57. The van der Waals surface area contributed by atoms with Gasteiger partial charge in [0, 0.05) is 12.5 Å². The molecule has 5 heteroatoms. The number of aliphatic hydroxyl groups is 3. The van der Waals surface area contributed by atoms with Crippen LogP contribution in [-0.4, -0.2) is 54.6 Å². The van der Waals surface area contributed by atoms with Gasteiger partial charge in [0.15, 0.2) is 6.29 Å². The van der Waals surface area contributed by atoms with Gasteiger partial charge in [0.2, 0.25) is 0 Å². The van der Waals surface area contributed by atoms with Crippen molar-refractivity contribution in [3.63, 3.8) is 0 Å². The summed E-state index contributed by atoms with van der Waals surface area (Å²) in [6, 6.07) is 0. The number of methoxy groups -OCH3 is 1. The Labute approximate surface area is 156 Å². The van der Waals surface area contributed by atoms with Crippen molar-refractivity contribution in [1.29, 1.82) is 0 Å². The summed E-state index contributed by atoms with van der Waals surface area (Å²) >= 11 is 0. The SMILES string of the molecule is CO[C@@H]1OC[C@@]2(CC/C(=C/CO)CO)[C@H](C)C[C@H](O)[C@@]13C(C)=CCC[C@H]23. The van der Waals surface area contributed by atoms with Crippen LogP contribution in [0.25, 0.3) is 0 Å².